The van der Waals surface area contributed by atoms with E-state index in [9.17, 15) is 4.79 Å². The molecule has 17 heavy (non-hydrogen) atoms. The van der Waals surface area contributed by atoms with Crippen LogP contribution in [0.5, 0.6) is 0 Å². The molecule has 1 saturated carbocycles. The normalized spacial score (nSPS) is 18.4. The van der Waals surface area contributed by atoms with Gasteiger partial charge >= 0.3 is 0 Å². The van der Waals surface area contributed by atoms with Crippen LogP contribution in [0.25, 0.3) is 0 Å². The second kappa shape index (κ2) is 6.16. The van der Waals surface area contributed by atoms with Crippen molar-refractivity contribution in [1.82, 2.24) is 4.90 Å². The van der Waals surface area contributed by atoms with Gasteiger partial charge < -0.3 is 4.90 Å². The zero-order chi connectivity index (χ0) is 12.9. The minimum Gasteiger partial charge on any atom is -0.303 e. The Bertz CT molecular complexity index is 294. The monoisotopic (exact) mass is 236 g/mol. The lowest BCUT2D eigenvalue weighted by atomic mass is 9.89. The molecule has 1 aliphatic rings. The number of rotatable bonds is 5. The molecule has 0 radical (unpaired) electrons. The van der Waals surface area contributed by atoms with Gasteiger partial charge in [0.1, 0.15) is 5.78 Å². The lowest BCUT2D eigenvalue weighted by Gasteiger charge is -2.31. The summed E-state index contributed by atoms with van der Waals surface area (Å²) in [7, 11) is 2.14. The molecule has 0 spiro atoms. The topological polar surface area (TPSA) is 44.1 Å². The Labute approximate surface area is 105 Å². The van der Waals surface area contributed by atoms with Crippen molar-refractivity contribution in [3.63, 3.8) is 0 Å². The van der Waals surface area contributed by atoms with E-state index in [2.05, 4.69) is 18.0 Å². The van der Waals surface area contributed by atoms with Crippen molar-refractivity contribution in [2.75, 3.05) is 13.6 Å². The van der Waals surface area contributed by atoms with Crippen LogP contribution >= 0.6 is 0 Å². The molecule has 0 aromatic heterocycles. The first-order chi connectivity index (χ1) is 7.94. The predicted molar refractivity (Wildman–Crippen MR) is 68.5 cm³/mol. The quantitative estimate of drug-likeness (QED) is 0.737. The molecule has 0 unspecified atom stereocenters. The summed E-state index contributed by atoms with van der Waals surface area (Å²) in [4.78, 5) is 13.5. The summed E-state index contributed by atoms with van der Waals surface area (Å²) in [6, 6.07) is 2.90. The molecule has 0 aliphatic heterocycles. The lowest BCUT2D eigenvalue weighted by molar-refractivity contribution is -0.121. The smallest absolute Gasteiger partial charge is 0.133 e. The summed E-state index contributed by atoms with van der Waals surface area (Å²) in [5.74, 6) is 0.417. The predicted octanol–water partition coefficient (Wildman–Crippen LogP) is 2.76. The number of Topliss-reactive ketones (excluding diaryl/α,β-unsaturated/α-hetero) is 1. The van der Waals surface area contributed by atoms with Crippen molar-refractivity contribution in [2.45, 2.75) is 58.4 Å². The van der Waals surface area contributed by atoms with Crippen LogP contribution in [-0.2, 0) is 4.79 Å². The fourth-order valence-corrected chi connectivity index (χ4v) is 2.37. The summed E-state index contributed by atoms with van der Waals surface area (Å²) in [6.07, 6.45) is 5.52. The highest BCUT2D eigenvalue weighted by molar-refractivity contribution is 5.79. The highest BCUT2D eigenvalue weighted by atomic mass is 16.1. The van der Waals surface area contributed by atoms with Gasteiger partial charge in [0.2, 0.25) is 0 Å². The van der Waals surface area contributed by atoms with Gasteiger partial charge in [-0.1, -0.05) is 0 Å². The van der Waals surface area contributed by atoms with Crippen molar-refractivity contribution in [2.24, 2.45) is 5.41 Å². The third kappa shape index (κ3) is 4.87. The number of nitrogens with zero attached hydrogens (tertiary/aromatic N) is 2. The molecule has 0 atom stereocenters. The zero-order valence-corrected chi connectivity index (χ0v) is 11.3. The molecule has 1 aliphatic carbocycles. The molecule has 0 bridgehead atoms. The maximum Gasteiger partial charge on any atom is 0.133 e. The number of nitriles is 1. The molecular formula is C14H24N2O. The molecule has 0 N–H and O–H groups in total. The Morgan fingerprint density at radius 1 is 1.41 bits per heavy atom. The van der Waals surface area contributed by atoms with Gasteiger partial charge in [-0.25, -0.2) is 0 Å². The summed E-state index contributed by atoms with van der Waals surface area (Å²) in [5.41, 5.74) is -0.205. The Kier molecular flexibility index (Phi) is 5.14. The van der Waals surface area contributed by atoms with Crippen LogP contribution in [0.15, 0.2) is 0 Å². The minimum absolute atomic E-state index is 0.205. The highest BCUT2D eigenvalue weighted by Crippen LogP contribution is 2.23. The fraction of sp³-hybridized carbons (Fsp3) is 0.857. The fourth-order valence-electron chi connectivity index (χ4n) is 2.37. The van der Waals surface area contributed by atoms with Crippen LogP contribution in [0.2, 0.25) is 0 Å². The van der Waals surface area contributed by atoms with Crippen LogP contribution < -0.4 is 0 Å². The van der Waals surface area contributed by atoms with Crippen LogP contribution in [0.1, 0.15) is 52.4 Å². The van der Waals surface area contributed by atoms with Gasteiger partial charge in [-0.05, 0) is 53.1 Å². The van der Waals surface area contributed by atoms with Crippen molar-refractivity contribution in [3.05, 3.63) is 0 Å². The maximum atomic E-state index is 11.2. The summed E-state index contributed by atoms with van der Waals surface area (Å²) >= 11 is 0. The van der Waals surface area contributed by atoms with Crippen LogP contribution in [0.3, 0.4) is 0 Å². The summed E-state index contributed by atoms with van der Waals surface area (Å²) in [6.45, 7) is 5.02. The number of ketones is 1. The number of carbonyl (C=O) groups is 1. The molecule has 1 rings (SSSR count). The van der Waals surface area contributed by atoms with Gasteiger partial charge in [-0.3, -0.25) is 4.79 Å². The number of hydrogen-bond acceptors (Lipinski definition) is 3. The Morgan fingerprint density at radius 2 is 2.00 bits per heavy atom. The van der Waals surface area contributed by atoms with Crippen molar-refractivity contribution in [3.8, 4) is 6.07 Å². The molecule has 0 saturated heterocycles. The molecular weight excluding hydrogens is 212 g/mol. The van der Waals surface area contributed by atoms with Crippen LogP contribution in [0.4, 0.5) is 0 Å². The zero-order valence-electron chi connectivity index (χ0n) is 11.3. The van der Waals surface area contributed by atoms with E-state index < -0.39 is 0 Å². The van der Waals surface area contributed by atoms with E-state index in [1.54, 1.807) is 0 Å². The minimum atomic E-state index is -0.205. The van der Waals surface area contributed by atoms with Crippen molar-refractivity contribution >= 4 is 5.78 Å². The third-order valence-electron chi connectivity index (χ3n) is 3.75. The van der Waals surface area contributed by atoms with Crippen LogP contribution in [-0.4, -0.2) is 30.3 Å². The van der Waals surface area contributed by atoms with Crippen LogP contribution in [0, 0.1) is 16.7 Å². The van der Waals surface area contributed by atoms with Gasteiger partial charge in [0.25, 0.3) is 0 Å². The third-order valence-corrected chi connectivity index (χ3v) is 3.75. The highest BCUT2D eigenvalue weighted by Gasteiger charge is 2.22. The molecule has 1 fully saturated rings. The van der Waals surface area contributed by atoms with Gasteiger partial charge in [-0.15, -0.1) is 0 Å². The molecule has 0 aromatic carbocycles. The van der Waals surface area contributed by atoms with Gasteiger partial charge in [0.05, 0.1) is 11.5 Å². The number of hydrogen-bond donors (Lipinski definition) is 0. The van der Waals surface area contributed by atoms with Crippen molar-refractivity contribution in [1.29, 1.82) is 5.26 Å². The van der Waals surface area contributed by atoms with E-state index in [4.69, 9.17) is 5.26 Å². The molecule has 3 nitrogen and oxygen atoms in total. The van der Waals surface area contributed by atoms with E-state index >= 15 is 0 Å². The Hall–Kier alpha value is -0.880. The molecule has 0 aromatic rings. The van der Waals surface area contributed by atoms with Gasteiger partial charge in [-0.2, -0.15) is 5.26 Å². The Balaban J connectivity index is 2.24. The maximum absolute atomic E-state index is 11.2. The van der Waals surface area contributed by atoms with E-state index in [1.807, 2.05) is 13.8 Å². The molecule has 0 heterocycles. The van der Waals surface area contributed by atoms with E-state index in [0.717, 1.165) is 45.1 Å². The Morgan fingerprint density at radius 3 is 2.53 bits per heavy atom. The largest absolute Gasteiger partial charge is 0.303 e. The standard InChI is InChI=1S/C14H24N2O/c1-14(2,11-15)9-4-10-16(3)12-5-7-13(17)8-6-12/h12H,4-10H2,1-3H3. The summed E-state index contributed by atoms with van der Waals surface area (Å²) < 4.78 is 0. The second-order valence-corrected chi connectivity index (χ2v) is 5.85. The summed E-state index contributed by atoms with van der Waals surface area (Å²) in [5, 5.41) is 8.94. The SMILES string of the molecule is CN(CCCC(C)(C)C#N)C1CCC(=O)CC1. The molecule has 3 heteroatoms. The van der Waals surface area contributed by atoms with Gasteiger partial charge in [0, 0.05) is 18.9 Å². The first-order valence-corrected chi connectivity index (χ1v) is 6.58. The van der Waals surface area contributed by atoms with Crippen molar-refractivity contribution < 1.29 is 4.79 Å². The lowest BCUT2D eigenvalue weighted by Crippen LogP contribution is -2.36. The first kappa shape index (κ1) is 14.2. The molecule has 0 amide bonds. The average Bonchev–Trinajstić information content (AvgIpc) is 2.29. The first-order valence-electron chi connectivity index (χ1n) is 6.58. The van der Waals surface area contributed by atoms with Gasteiger partial charge in [0.15, 0.2) is 0 Å². The average molecular weight is 236 g/mol. The van der Waals surface area contributed by atoms with E-state index in [0.29, 0.717) is 11.8 Å². The van der Waals surface area contributed by atoms with E-state index in [1.165, 1.54) is 0 Å². The molecule has 96 valence electrons. The number of carbonyl (C=O) groups excluding carboxylic acids is 1. The second-order valence-electron chi connectivity index (χ2n) is 5.85. The van der Waals surface area contributed by atoms with E-state index in [-0.39, 0.29) is 5.41 Å².